The third-order valence-corrected chi connectivity index (χ3v) is 7.30. The highest BCUT2D eigenvalue weighted by Crippen LogP contribution is 2.32. The van der Waals surface area contributed by atoms with Gasteiger partial charge in [-0.25, -0.2) is 5.01 Å². The van der Waals surface area contributed by atoms with Crippen molar-refractivity contribution < 1.29 is 14.4 Å². The first-order chi connectivity index (χ1) is 12.3. The summed E-state index contributed by atoms with van der Waals surface area (Å²) in [5.74, 6) is -0.816. The van der Waals surface area contributed by atoms with E-state index in [4.69, 9.17) is 23.2 Å². The molecule has 4 unspecified atom stereocenters. The second-order valence-corrected chi connectivity index (χ2v) is 9.85. The molecule has 1 heterocycles. The Morgan fingerprint density at radius 1 is 1.00 bits per heavy atom. The zero-order valence-corrected chi connectivity index (χ0v) is 17.6. The van der Waals surface area contributed by atoms with Crippen LogP contribution >= 0.6 is 39.1 Å². The summed E-state index contributed by atoms with van der Waals surface area (Å²) in [6.07, 6.45) is 5.83. The Morgan fingerprint density at radius 2 is 1.65 bits per heavy atom. The molecule has 1 N–H and O–H groups in total. The summed E-state index contributed by atoms with van der Waals surface area (Å²) < 4.78 is 0. The van der Waals surface area contributed by atoms with E-state index in [1.54, 1.807) is 4.90 Å². The molecule has 3 amide bonds. The molecule has 146 valence electrons. The number of hydrogen-bond donors (Lipinski definition) is 1. The van der Waals surface area contributed by atoms with Gasteiger partial charge in [0.2, 0.25) is 11.8 Å². The van der Waals surface area contributed by atoms with Crippen LogP contribution in [0.2, 0.25) is 0 Å². The largest absolute Gasteiger partial charge is 0.329 e. The number of piperazine rings is 1. The van der Waals surface area contributed by atoms with Crippen LogP contribution in [0.15, 0.2) is 0 Å². The van der Waals surface area contributed by atoms with Crippen LogP contribution in [0.4, 0.5) is 0 Å². The van der Waals surface area contributed by atoms with Gasteiger partial charge in [-0.15, -0.1) is 23.2 Å². The summed E-state index contributed by atoms with van der Waals surface area (Å²) in [4.78, 5) is 39.3. The Bertz CT molecular complexity index is 569. The number of halogens is 3. The van der Waals surface area contributed by atoms with Crippen LogP contribution < -0.4 is 5.43 Å². The summed E-state index contributed by atoms with van der Waals surface area (Å²) in [6.45, 7) is -0.181. The minimum absolute atomic E-state index is 0.0423. The third-order valence-electron chi connectivity index (χ3n) is 5.49. The first-order valence-electron chi connectivity index (χ1n) is 9.17. The first kappa shape index (κ1) is 20.2. The van der Waals surface area contributed by atoms with Gasteiger partial charge in [0.05, 0.1) is 5.92 Å². The van der Waals surface area contributed by atoms with Gasteiger partial charge < -0.3 is 4.90 Å². The van der Waals surface area contributed by atoms with Gasteiger partial charge >= 0.3 is 0 Å². The fourth-order valence-electron chi connectivity index (χ4n) is 4.08. The average molecular weight is 469 g/mol. The summed E-state index contributed by atoms with van der Waals surface area (Å²) in [5, 5.41) is 0.993. The minimum Gasteiger partial charge on any atom is -0.329 e. The average Bonchev–Trinajstić information content (AvgIpc) is 2.57. The molecule has 0 aromatic rings. The van der Waals surface area contributed by atoms with E-state index in [1.165, 1.54) is 0 Å². The topological polar surface area (TPSA) is 69.7 Å². The van der Waals surface area contributed by atoms with Crippen LogP contribution in [0, 0.1) is 5.92 Å². The zero-order chi connectivity index (χ0) is 18.8. The molecule has 0 spiro atoms. The fraction of sp³-hybridized carbons (Fsp3) is 0.824. The summed E-state index contributed by atoms with van der Waals surface area (Å²) >= 11 is 16.0. The molecule has 4 atom stereocenters. The molecule has 3 fully saturated rings. The van der Waals surface area contributed by atoms with Crippen LogP contribution in [0.3, 0.4) is 0 Å². The number of carbonyl (C=O) groups excluding carboxylic acids is 3. The van der Waals surface area contributed by atoms with E-state index < -0.39 is 0 Å². The molecular formula is C17H24BrCl2N3O3. The molecule has 6 nitrogen and oxygen atoms in total. The number of rotatable bonds is 3. The second kappa shape index (κ2) is 8.65. The normalized spacial score (nSPS) is 36.2. The summed E-state index contributed by atoms with van der Waals surface area (Å²) in [7, 11) is 0. The highest BCUT2D eigenvalue weighted by atomic mass is 79.9. The van der Waals surface area contributed by atoms with Crippen molar-refractivity contribution in [3.8, 4) is 0 Å². The van der Waals surface area contributed by atoms with Crippen LogP contribution in [0.25, 0.3) is 0 Å². The van der Waals surface area contributed by atoms with Gasteiger partial charge in [-0.05, 0) is 32.1 Å². The minimum atomic E-state index is -0.275. The Balaban J connectivity index is 1.59. The first-order valence-corrected chi connectivity index (χ1v) is 11.0. The molecule has 0 bridgehead atoms. The number of nitrogens with one attached hydrogen (secondary N) is 1. The highest BCUT2D eigenvalue weighted by Gasteiger charge is 2.39. The van der Waals surface area contributed by atoms with Crippen molar-refractivity contribution in [1.82, 2.24) is 15.3 Å². The number of amides is 3. The lowest BCUT2D eigenvalue weighted by Crippen LogP contribution is -2.63. The fourth-order valence-corrected chi connectivity index (χ4v) is 5.84. The Morgan fingerprint density at radius 3 is 2.31 bits per heavy atom. The van der Waals surface area contributed by atoms with Crippen molar-refractivity contribution in [2.24, 2.45) is 5.92 Å². The standard InChI is InChI=1S/C17H24BrCl2N3O3/c18-14-4-2-1-3-13(14)17(26)21-23-9-15(24)22(8-16(23)25)12-6-10(19)5-11(20)7-12/h10-14H,1-9H2,(H,21,26). The molecule has 3 aliphatic rings. The van der Waals surface area contributed by atoms with Gasteiger partial charge in [0.15, 0.2) is 0 Å². The van der Waals surface area contributed by atoms with Crippen molar-refractivity contribution in [3.63, 3.8) is 0 Å². The van der Waals surface area contributed by atoms with Crippen molar-refractivity contribution in [2.45, 2.75) is 66.6 Å². The van der Waals surface area contributed by atoms with E-state index in [0.29, 0.717) is 19.3 Å². The molecule has 2 aliphatic carbocycles. The van der Waals surface area contributed by atoms with Gasteiger partial charge in [0, 0.05) is 21.6 Å². The number of hydrogen-bond acceptors (Lipinski definition) is 3. The van der Waals surface area contributed by atoms with E-state index >= 15 is 0 Å². The molecule has 1 aliphatic heterocycles. The molecule has 0 aromatic heterocycles. The predicted molar refractivity (Wildman–Crippen MR) is 103 cm³/mol. The van der Waals surface area contributed by atoms with Crippen molar-refractivity contribution in [2.75, 3.05) is 13.1 Å². The van der Waals surface area contributed by atoms with E-state index in [9.17, 15) is 14.4 Å². The second-order valence-electron chi connectivity index (χ2n) is 7.44. The summed E-state index contributed by atoms with van der Waals surface area (Å²) in [6, 6.07) is -0.117. The van der Waals surface area contributed by atoms with E-state index in [-0.39, 0.29) is 58.4 Å². The van der Waals surface area contributed by atoms with Gasteiger partial charge in [-0.1, -0.05) is 28.8 Å². The predicted octanol–water partition coefficient (Wildman–Crippen LogP) is 2.41. The lowest BCUT2D eigenvalue weighted by Gasteiger charge is -2.42. The Kier molecular flexibility index (Phi) is 6.73. The smallest absolute Gasteiger partial charge is 0.261 e. The van der Waals surface area contributed by atoms with Crippen molar-refractivity contribution >= 4 is 56.9 Å². The van der Waals surface area contributed by atoms with Crippen LogP contribution in [-0.4, -0.2) is 62.3 Å². The quantitative estimate of drug-likeness (QED) is 0.646. The highest BCUT2D eigenvalue weighted by molar-refractivity contribution is 9.09. The van der Waals surface area contributed by atoms with Crippen molar-refractivity contribution in [3.05, 3.63) is 0 Å². The van der Waals surface area contributed by atoms with E-state index in [2.05, 4.69) is 21.4 Å². The molecule has 26 heavy (non-hydrogen) atoms. The molecule has 3 rings (SSSR count). The van der Waals surface area contributed by atoms with E-state index in [1.807, 2.05) is 0 Å². The maximum absolute atomic E-state index is 12.6. The van der Waals surface area contributed by atoms with Gasteiger partial charge in [0.25, 0.3) is 5.91 Å². The summed E-state index contributed by atoms with van der Waals surface area (Å²) in [5.41, 5.74) is 2.66. The van der Waals surface area contributed by atoms with Crippen LogP contribution in [0.1, 0.15) is 44.9 Å². The number of nitrogens with zero attached hydrogens (tertiary/aromatic N) is 2. The number of carbonyl (C=O) groups is 3. The molecule has 9 heteroatoms. The van der Waals surface area contributed by atoms with Crippen molar-refractivity contribution in [1.29, 1.82) is 0 Å². The maximum Gasteiger partial charge on any atom is 0.261 e. The number of alkyl halides is 3. The SMILES string of the molecule is O=C(NN1CC(=O)N(C2CC(Cl)CC(Cl)C2)CC1=O)C1CCCCC1Br. The van der Waals surface area contributed by atoms with Gasteiger partial charge in [-0.3, -0.25) is 19.8 Å². The molecule has 1 saturated heterocycles. The molecule has 0 aromatic carbocycles. The lowest BCUT2D eigenvalue weighted by atomic mass is 9.88. The van der Waals surface area contributed by atoms with Crippen LogP contribution in [0.5, 0.6) is 0 Å². The lowest BCUT2D eigenvalue weighted by molar-refractivity contribution is -0.158. The third kappa shape index (κ3) is 4.65. The van der Waals surface area contributed by atoms with Crippen LogP contribution in [-0.2, 0) is 14.4 Å². The zero-order valence-electron chi connectivity index (χ0n) is 14.5. The van der Waals surface area contributed by atoms with Gasteiger partial charge in [-0.2, -0.15) is 0 Å². The molecule has 0 radical (unpaired) electrons. The Hall–Kier alpha value is -0.530. The molecular weight excluding hydrogens is 445 g/mol. The van der Waals surface area contributed by atoms with Gasteiger partial charge in [0.1, 0.15) is 13.1 Å². The van der Waals surface area contributed by atoms with E-state index in [0.717, 1.165) is 30.7 Å². The monoisotopic (exact) mass is 467 g/mol. The Labute approximate surface area is 172 Å². The molecule has 2 saturated carbocycles. The maximum atomic E-state index is 12.6. The number of hydrazine groups is 1.